The Morgan fingerprint density at radius 1 is 1.08 bits per heavy atom. The number of hydrogen-bond acceptors (Lipinski definition) is 4. The Labute approximate surface area is 159 Å². The molecule has 5 nitrogen and oxygen atoms in total. The molecule has 26 heavy (non-hydrogen) atoms. The minimum atomic E-state index is 0. The molecule has 2 aromatic carbocycles. The molecule has 1 saturated heterocycles. The molecule has 1 amide bonds. The number of rotatable bonds is 6. The molecule has 1 fully saturated rings. The summed E-state index contributed by atoms with van der Waals surface area (Å²) < 4.78 is 11.0. The van der Waals surface area contributed by atoms with Crippen molar-refractivity contribution in [2.24, 2.45) is 0 Å². The van der Waals surface area contributed by atoms with Crippen LogP contribution < -0.4 is 14.8 Å². The average molecular weight is 375 g/mol. The molecule has 138 valence electrons. The number of fused-ring (bicyclic) bond motifs is 1. The lowest BCUT2D eigenvalue weighted by Gasteiger charge is -2.25. The lowest BCUT2D eigenvalue weighted by molar-refractivity contribution is -0.128. The Kier molecular flexibility index (Phi) is 6.01. The van der Waals surface area contributed by atoms with E-state index >= 15 is 0 Å². The van der Waals surface area contributed by atoms with Crippen molar-refractivity contribution in [1.82, 2.24) is 10.2 Å². The van der Waals surface area contributed by atoms with E-state index in [1.807, 2.05) is 41.3 Å². The minimum absolute atomic E-state index is 0. The zero-order chi connectivity index (χ0) is 17.1. The van der Waals surface area contributed by atoms with Gasteiger partial charge in [0.15, 0.2) is 11.5 Å². The van der Waals surface area contributed by atoms with Crippen molar-refractivity contribution in [3.8, 4) is 11.5 Å². The lowest BCUT2D eigenvalue weighted by atomic mass is 10.1. The summed E-state index contributed by atoms with van der Waals surface area (Å²) in [6, 6.07) is 16.3. The fraction of sp³-hybridized carbons (Fsp3) is 0.350. The van der Waals surface area contributed by atoms with E-state index in [0.717, 1.165) is 30.0 Å². The van der Waals surface area contributed by atoms with Gasteiger partial charge >= 0.3 is 0 Å². The predicted octanol–water partition coefficient (Wildman–Crippen LogP) is 3.29. The number of halogens is 1. The van der Waals surface area contributed by atoms with Crippen molar-refractivity contribution in [2.75, 3.05) is 19.9 Å². The van der Waals surface area contributed by atoms with Gasteiger partial charge < -0.3 is 19.7 Å². The summed E-state index contributed by atoms with van der Waals surface area (Å²) in [5.74, 6) is 1.87. The number of hydrogen-bond donors (Lipinski definition) is 1. The number of ether oxygens (including phenoxy) is 2. The van der Waals surface area contributed by atoms with Crippen LogP contribution in [0.15, 0.2) is 48.5 Å². The monoisotopic (exact) mass is 374 g/mol. The summed E-state index contributed by atoms with van der Waals surface area (Å²) >= 11 is 0. The van der Waals surface area contributed by atoms with Gasteiger partial charge in [0.25, 0.3) is 0 Å². The Morgan fingerprint density at radius 3 is 2.69 bits per heavy atom. The van der Waals surface area contributed by atoms with E-state index in [2.05, 4.69) is 17.4 Å². The molecular weight excluding hydrogens is 352 g/mol. The number of benzene rings is 2. The molecule has 0 spiro atoms. The predicted molar refractivity (Wildman–Crippen MR) is 102 cm³/mol. The van der Waals surface area contributed by atoms with Crippen LogP contribution in [0.25, 0.3) is 0 Å². The van der Waals surface area contributed by atoms with Crippen molar-refractivity contribution in [3.05, 3.63) is 59.7 Å². The van der Waals surface area contributed by atoms with Crippen LogP contribution in [-0.4, -0.2) is 30.7 Å². The van der Waals surface area contributed by atoms with Crippen LogP contribution in [0.2, 0.25) is 0 Å². The molecule has 0 saturated carbocycles. The molecule has 6 heteroatoms. The largest absolute Gasteiger partial charge is 0.454 e. The highest BCUT2D eigenvalue weighted by Crippen LogP contribution is 2.35. The second-order valence-corrected chi connectivity index (χ2v) is 6.44. The third kappa shape index (κ3) is 3.94. The van der Waals surface area contributed by atoms with Gasteiger partial charge in [0, 0.05) is 31.6 Å². The first-order valence-electron chi connectivity index (χ1n) is 8.75. The Bertz CT molecular complexity index is 754. The van der Waals surface area contributed by atoms with Crippen LogP contribution in [0.3, 0.4) is 0 Å². The molecular formula is C20H23ClN2O3. The quantitative estimate of drug-likeness (QED) is 0.843. The summed E-state index contributed by atoms with van der Waals surface area (Å²) in [7, 11) is 0. The number of likely N-dealkylation sites (tertiary alicyclic amines) is 1. The first kappa shape index (κ1) is 18.5. The van der Waals surface area contributed by atoms with E-state index in [-0.39, 0.29) is 31.1 Å². The molecule has 1 atom stereocenters. The van der Waals surface area contributed by atoms with E-state index in [0.29, 0.717) is 19.5 Å². The van der Waals surface area contributed by atoms with Gasteiger partial charge in [-0.05, 0) is 18.1 Å². The van der Waals surface area contributed by atoms with Gasteiger partial charge in [-0.2, -0.15) is 0 Å². The van der Waals surface area contributed by atoms with Crippen LogP contribution in [0.1, 0.15) is 30.0 Å². The first-order valence-corrected chi connectivity index (χ1v) is 8.75. The van der Waals surface area contributed by atoms with Crippen LogP contribution in [0, 0.1) is 0 Å². The van der Waals surface area contributed by atoms with Crippen LogP contribution in [-0.2, 0) is 11.3 Å². The fourth-order valence-electron chi connectivity index (χ4n) is 3.45. The minimum Gasteiger partial charge on any atom is -0.454 e. The van der Waals surface area contributed by atoms with Gasteiger partial charge in [-0.25, -0.2) is 0 Å². The van der Waals surface area contributed by atoms with E-state index in [1.165, 1.54) is 5.56 Å². The molecule has 0 aromatic heterocycles. The molecule has 2 aliphatic rings. The zero-order valence-electron chi connectivity index (χ0n) is 14.5. The maximum atomic E-state index is 12.0. The van der Waals surface area contributed by atoms with Crippen molar-refractivity contribution >= 4 is 18.3 Å². The molecule has 0 bridgehead atoms. The summed E-state index contributed by atoms with van der Waals surface area (Å²) in [5, 5.41) is 3.60. The van der Waals surface area contributed by atoms with Crippen LogP contribution in [0.5, 0.6) is 11.5 Å². The number of nitrogens with zero attached hydrogens (tertiary/aromatic N) is 1. The van der Waals surface area contributed by atoms with Gasteiger partial charge in [0.1, 0.15) is 0 Å². The average Bonchev–Trinajstić information content (AvgIpc) is 3.28. The van der Waals surface area contributed by atoms with Crippen molar-refractivity contribution < 1.29 is 14.3 Å². The summed E-state index contributed by atoms with van der Waals surface area (Å²) in [6.07, 6.45) is 1.62. The van der Waals surface area contributed by atoms with Gasteiger partial charge in [0.2, 0.25) is 12.7 Å². The molecule has 1 unspecified atom stereocenters. The van der Waals surface area contributed by atoms with Crippen molar-refractivity contribution in [2.45, 2.75) is 25.4 Å². The maximum Gasteiger partial charge on any atom is 0.231 e. The number of carbonyl (C=O) groups is 1. The van der Waals surface area contributed by atoms with Gasteiger partial charge in [0.05, 0.1) is 6.04 Å². The topological polar surface area (TPSA) is 50.8 Å². The first-order chi connectivity index (χ1) is 12.3. The molecule has 0 aliphatic carbocycles. The van der Waals surface area contributed by atoms with E-state index in [1.54, 1.807) is 0 Å². The molecule has 2 aliphatic heterocycles. The third-order valence-corrected chi connectivity index (χ3v) is 4.79. The van der Waals surface area contributed by atoms with Gasteiger partial charge in [-0.3, -0.25) is 4.79 Å². The second-order valence-electron chi connectivity index (χ2n) is 6.44. The Hall–Kier alpha value is -2.24. The Morgan fingerprint density at radius 2 is 1.92 bits per heavy atom. The zero-order valence-corrected chi connectivity index (χ0v) is 15.3. The summed E-state index contributed by atoms with van der Waals surface area (Å²) in [4.78, 5) is 14.0. The SMILES string of the molecule is Cl.O=C1CCCN1CC(NCc1cccc2c1OCO2)c1ccccc1. The number of nitrogens with one attached hydrogen (secondary N) is 1. The molecule has 1 N–H and O–H groups in total. The fourth-order valence-corrected chi connectivity index (χ4v) is 3.45. The van der Waals surface area contributed by atoms with Gasteiger partial charge in [-0.1, -0.05) is 42.5 Å². The van der Waals surface area contributed by atoms with E-state index in [4.69, 9.17) is 9.47 Å². The molecule has 0 radical (unpaired) electrons. The van der Waals surface area contributed by atoms with Crippen molar-refractivity contribution in [3.63, 3.8) is 0 Å². The molecule has 2 aromatic rings. The summed E-state index contributed by atoms with van der Waals surface area (Å²) in [5.41, 5.74) is 2.26. The maximum absolute atomic E-state index is 12.0. The standard InChI is InChI=1S/C20H22N2O3.ClH/c23-19-10-5-11-22(19)13-17(15-6-2-1-3-7-15)21-12-16-8-4-9-18-20(16)25-14-24-18;/h1-4,6-9,17,21H,5,10-14H2;1H. The lowest BCUT2D eigenvalue weighted by Crippen LogP contribution is -2.35. The van der Waals surface area contributed by atoms with E-state index < -0.39 is 0 Å². The van der Waals surface area contributed by atoms with Crippen molar-refractivity contribution in [1.29, 1.82) is 0 Å². The third-order valence-electron chi connectivity index (χ3n) is 4.79. The highest BCUT2D eigenvalue weighted by molar-refractivity contribution is 5.85. The second kappa shape index (κ2) is 8.43. The molecule has 4 rings (SSSR count). The number of para-hydroxylation sites is 1. The Balaban J connectivity index is 0.00000196. The number of carbonyl (C=O) groups excluding carboxylic acids is 1. The smallest absolute Gasteiger partial charge is 0.231 e. The van der Waals surface area contributed by atoms with Crippen LogP contribution >= 0.6 is 12.4 Å². The number of amides is 1. The normalized spacial score (nSPS) is 16.5. The summed E-state index contributed by atoms with van der Waals surface area (Å²) in [6.45, 7) is 2.47. The molecule has 2 heterocycles. The van der Waals surface area contributed by atoms with Crippen LogP contribution in [0.4, 0.5) is 0 Å². The highest BCUT2D eigenvalue weighted by atomic mass is 35.5. The van der Waals surface area contributed by atoms with E-state index in [9.17, 15) is 4.79 Å². The highest BCUT2D eigenvalue weighted by Gasteiger charge is 2.25. The van der Waals surface area contributed by atoms with Gasteiger partial charge in [-0.15, -0.1) is 12.4 Å².